The van der Waals surface area contributed by atoms with Crippen molar-refractivity contribution >= 4 is 36.2 Å². The first-order valence-electron chi connectivity index (χ1n) is 15.9. The molecule has 0 saturated carbocycles. The molecule has 4 rings (SSSR count). The van der Waals surface area contributed by atoms with Crippen molar-refractivity contribution in [3.8, 4) is 11.5 Å². The van der Waals surface area contributed by atoms with Crippen LogP contribution in [0.25, 0.3) is 0 Å². The number of hydrogen-bond donors (Lipinski definition) is 2. The zero-order chi connectivity index (χ0) is 33.8. The highest BCUT2D eigenvalue weighted by atomic mass is 16.5. The van der Waals surface area contributed by atoms with E-state index in [0.29, 0.717) is 46.6 Å². The van der Waals surface area contributed by atoms with Gasteiger partial charge in [0.25, 0.3) is 0 Å². The number of carbonyl (C=O) groups is 4. The lowest BCUT2D eigenvalue weighted by molar-refractivity contribution is -0.122. The third-order valence-electron chi connectivity index (χ3n) is 7.11. The van der Waals surface area contributed by atoms with Crippen LogP contribution in [0.5, 0.6) is 11.5 Å². The number of nitrogens with zero attached hydrogens (tertiary/aromatic N) is 2. The van der Waals surface area contributed by atoms with Crippen molar-refractivity contribution in [3.05, 3.63) is 131 Å². The third kappa shape index (κ3) is 12.1. The lowest BCUT2D eigenvalue weighted by atomic mass is 10.1. The number of benzene rings is 4. The van der Waals surface area contributed by atoms with Gasteiger partial charge in [-0.1, -0.05) is 86.3 Å². The summed E-state index contributed by atoms with van der Waals surface area (Å²) < 4.78 is 11.0. The first-order valence-corrected chi connectivity index (χ1v) is 15.9. The molecule has 2 N–H and O–H groups in total. The Balaban J connectivity index is 1.05. The second-order valence-corrected chi connectivity index (χ2v) is 10.8. The first-order chi connectivity index (χ1) is 23.5. The molecular weight excluding hydrogens is 608 g/mol. The summed E-state index contributed by atoms with van der Waals surface area (Å²) in [6.45, 7) is 0. The standard InChI is InChI=1S/C38H38N4O6/c43-35(41-39-27-31-21-13-15-23-33(31)47-37(45)29-17-7-5-8-18-29)25-11-3-1-2-4-12-26-36(44)42-40-28-32-22-14-16-24-34(32)48-38(46)30-19-9-6-10-20-30/h5-10,13-24,27-28H,1-4,11-12,25-26H2,(H,41,43)(H,42,44)/b39-27-,40-28-. The lowest BCUT2D eigenvalue weighted by Gasteiger charge is -2.07. The molecule has 0 bridgehead atoms. The molecule has 0 aromatic heterocycles. The second kappa shape index (κ2) is 19.6. The van der Waals surface area contributed by atoms with Gasteiger partial charge in [-0.25, -0.2) is 20.4 Å². The van der Waals surface area contributed by atoms with Crippen LogP contribution in [-0.4, -0.2) is 36.2 Å². The van der Waals surface area contributed by atoms with Gasteiger partial charge in [-0.05, 0) is 61.4 Å². The van der Waals surface area contributed by atoms with E-state index in [-0.39, 0.29) is 11.8 Å². The molecule has 48 heavy (non-hydrogen) atoms. The number of rotatable bonds is 17. The Morgan fingerprint density at radius 2 is 0.833 bits per heavy atom. The van der Waals surface area contributed by atoms with Crippen molar-refractivity contribution in [3.63, 3.8) is 0 Å². The molecule has 4 aromatic rings. The van der Waals surface area contributed by atoms with Crippen LogP contribution < -0.4 is 20.3 Å². The fraction of sp³-hybridized carbons (Fsp3) is 0.211. The highest BCUT2D eigenvalue weighted by molar-refractivity contribution is 5.94. The summed E-state index contributed by atoms with van der Waals surface area (Å²) in [5.74, 6) is -0.647. The molecule has 10 heteroatoms. The highest BCUT2D eigenvalue weighted by Crippen LogP contribution is 2.19. The van der Waals surface area contributed by atoms with E-state index in [1.807, 2.05) is 12.1 Å². The summed E-state index contributed by atoms with van der Waals surface area (Å²) in [6.07, 6.45) is 8.73. The van der Waals surface area contributed by atoms with E-state index in [0.717, 1.165) is 38.5 Å². The number of esters is 2. The average Bonchev–Trinajstić information content (AvgIpc) is 3.11. The van der Waals surface area contributed by atoms with Crippen molar-refractivity contribution in [1.29, 1.82) is 0 Å². The van der Waals surface area contributed by atoms with Gasteiger partial charge < -0.3 is 9.47 Å². The van der Waals surface area contributed by atoms with Crippen molar-refractivity contribution < 1.29 is 28.7 Å². The molecule has 4 aromatic carbocycles. The molecule has 0 heterocycles. The predicted octanol–water partition coefficient (Wildman–Crippen LogP) is 6.85. The van der Waals surface area contributed by atoms with Gasteiger partial charge in [0.2, 0.25) is 11.8 Å². The lowest BCUT2D eigenvalue weighted by Crippen LogP contribution is -2.17. The minimum absolute atomic E-state index is 0.195. The Hall–Kier alpha value is -5.90. The molecule has 0 unspecified atom stereocenters. The van der Waals surface area contributed by atoms with Crippen LogP contribution in [0.1, 0.15) is 83.2 Å². The zero-order valence-electron chi connectivity index (χ0n) is 26.5. The average molecular weight is 647 g/mol. The molecular formula is C38H38N4O6. The number of hydrazone groups is 2. The van der Waals surface area contributed by atoms with Gasteiger partial charge in [0.15, 0.2) is 0 Å². The number of ether oxygens (including phenoxy) is 2. The van der Waals surface area contributed by atoms with Crippen molar-refractivity contribution in [2.24, 2.45) is 10.2 Å². The minimum atomic E-state index is -0.475. The number of unbranched alkanes of at least 4 members (excludes halogenated alkanes) is 5. The van der Waals surface area contributed by atoms with Gasteiger partial charge in [-0.3, -0.25) is 9.59 Å². The van der Waals surface area contributed by atoms with Crippen LogP contribution in [0, 0.1) is 0 Å². The normalized spacial score (nSPS) is 10.9. The number of carbonyl (C=O) groups excluding carboxylic acids is 4. The predicted molar refractivity (Wildman–Crippen MR) is 184 cm³/mol. The number of nitrogens with one attached hydrogen (secondary N) is 2. The van der Waals surface area contributed by atoms with Gasteiger partial charge in [0.1, 0.15) is 11.5 Å². The van der Waals surface area contributed by atoms with Gasteiger partial charge in [0, 0.05) is 24.0 Å². The Bertz CT molecular complexity index is 1580. The van der Waals surface area contributed by atoms with Crippen LogP contribution in [-0.2, 0) is 9.59 Å². The van der Waals surface area contributed by atoms with E-state index in [1.165, 1.54) is 12.4 Å². The van der Waals surface area contributed by atoms with E-state index in [4.69, 9.17) is 9.47 Å². The van der Waals surface area contributed by atoms with Gasteiger partial charge in [0.05, 0.1) is 23.6 Å². The first kappa shape index (κ1) is 35.0. The Kier molecular flexibility index (Phi) is 14.3. The quantitative estimate of drug-likeness (QED) is 0.0424. The molecule has 0 saturated heterocycles. The molecule has 2 amide bonds. The third-order valence-corrected chi connectivity index (χ3v) is 7.11. The molecule has 0 aliphatic heterocycles. The molecule has 0 spiro atoms. The molecule has 0 atom stereocenters. The number of amides is 2. The molecule has 10 nitrogen and oxygen atoms in total. The molecule has 246 valence electrons. The Morgan fingerprint density at radius 3 is 1.25 bits per heavy atom. The van der Waals surface area contributed by atoms with E-state index in [2.05, 4.69) is 21.1 Å². The summed E-state index contributed by atoms with van der Waals surface area (Å²) in [7, 11) is 0. The molecule has 0 aliphatic rings. The summed E-state index contributed by atoms with van der Waals surface area (Å²) in [5.41, 5.74) is 7.06. The monoisotopic (exact) mass is 646 g/mol. The van der Waals surface area contributed by atoms with Gasteiger partial charge >= 0.3 is 11.9 Å². The smallest absolute Gasteiger partial charge is 0.343 e. The fourth-order valence-corrected chi connectivity index (χ4v) is 4.56. The van der Waals surface area contributed by atoms with Crippen LogP contribution >= 0.6 is 0 Å². The largest absolute Gasteiger partial charge is 0.422 e. The SMILES string of the molecule is O=C(CCCCCCCCC(=O)N/N=C\c1ccccc1OC(=O)c1ccccc1)N/N=C\c1ccccc1OC(=O)c1ccccc1. The highest BCUT2D eigenvalue weighted by Gasteiger charge is 2.12. The molecule has 0 aliphatic carbocycles. The van der Waals surface area contributed by atoms with Crippen molar-refractivity contribution in [2.75, 3.05) is 0 Å². The molecule has 0 fully saturated rings. The topological polar surface area (TPSA) is 136 Å². The van der Waals surface area contributed by atoms with Crippen LogP contribution in [0.15, 0.2) is 119 Å². The summed E-state index contributed by atoms with van der Waals surface area (Å²) in [5, 5.41) is 8.04. The maximum absolute atomic E-state index is 12.4. The molecule has 0 radical (unpaired) electrons. The zero-order valence-corrected chi connectivity index (χ0v) is 26.5. The Labute approximate surface area is 279 Å². The van der Waals surface area contributed by atoms with Crippen molar-refractivity contribution in [2.45, 2.75) is 51.4 Å². The van der Waals surface area contributed by atoms with E-state index < -0.39 is 11.9 Å². The fourth-order valence-electron chi connectivity index (χ4n) is 4.56. The van der Waals surface area contributed by atoms with E-state index in [1.54, 1.807) is 97.1 Å². The number of para-hydroxylation sites is 2. The summed E-state index contributed by atoms with van der Waals surface area (Å²) in [4.78, 5) is 49.2. The number of hydrogen-bond acceptors (Lipinski definition) is 8. The van der Waals surface area contributed by atoms with Crippen LogP contribution in [0.3, 0.4) is 0 Å². The van der Waals surface area contributed by atoms with Gasteiger partial charge in [-0.15, -0.1) is 0 Å². The van der Waals surface area contributed by atoms with Crippen LogP contribution in [0.4, 0.5) is 0 Å². The maximum Gasteiger partial charge on any atom is 0.343 e. The van der Waals surface area contributed by atoms with Gasteiger partial charge in [-0.2, -0.15) is 10.2 Å². The summed E-state index contributed by atoms with van der Waals surface area (Å²) >= 11 is 0. The van der Waals surface area contributed by atoms with E-state index >= 15 is 0 Å². The van der Waals surface area contributed by atoms with Crippen molar-refractivity contribution in [1.82, 2.24) is 10.9 Å². The Morgan fingerprint density at radius 1 is 0.479 bits per heavy atom. The maximum atomic E-state index is 12.4. The second-order valence-electron chi connectivity index (χ2n) is 10.8. The van der Waals surface area contributed by atoms with E-state index in [9.17, 15) is 19.2 Å². The minimum Gasteiger partial charge on any atom is -0.422 e. The van der Waals surface area contributed by atoms with Crippen LogP contribution in [0.2, 0.25) is 0 Å². The summed E-state index contributed by atoms with van der Waals surface area (Å²) in [6, 6.07) is 31.3.